The van der Waals surface area contributed by atoms with Gasteiger partial charge in [0.2, 0.25) is 11.8 Å². The first kappa shape index (κ1) is 13.4. The predicted octanol–water partition coefficient (Wildman–Crippen LogP) is 1.70. The quantitative estimate of drug-likeness (QED) is 0.831. The number of hydrogen-bond acceptors (Lipinski definition) is 2. The zero-order chi connectivity index (χ0) is 12.8. The van der Waals surface area contributed by atoms with E-state index in [-0.39, 0.29) is 24.3 Å². The Labute approximate surface area is 109 Å². The lowest BCUT2D eigenvalue weighted by molar-refractivity contribution is -0.134. The van der Waals surface area contributed by atoms with Crippen molar-refractivity contribution >= 4 is 11.8 Å². The number of piperidine rings is 1. The zero-order valence-electron chi connectivity index (χ0n) is 11.1. The zero-order valence-corrected chi connectivity index (χ0v) is 11.1. The van der Waals surface area contributed by atoms with Crippen LogP contribution >= 0.6 is 0 Å². The number of hydrogen-bond donors (Lipinski definition) is 1. The van der Waals surface area contributed by atoms with Gasteiger partial charge in [-0.3, -0.25) is 9.59 Å². The summed E-state index contributed by atoms with van der Waals surface area (Å²) in [6, 6.07) is 0. The molecule has 1 aliphatic carbocycles. The molecule has 4 nitrogen and oxygen atoms in total. The van der Waals surface area contributed by atoms with Gasteiger partial charge in [-0.25, -0.2) is 0 Å². The molecule has 1 heterocycles. The molecule has 1 aliphatic heterocycles. The maximum Gasteiger partial charge on any atom is 0.241 e. The van der Waals surface area contributed by atoms with E-state index in [1.54, 1.807) is 0 Å². The predicted molar refractivity (Wildman–Crippen MR) is 70.0 cm³/mol. The third-order valence-electron chi connectivity index (χ3n) is 4.10. The molecule has 0 atom stereocenters. The molecule has 2 amide bonds. The molecule has 0 spiro atoms. The molecule has 1 saturated carbocycles. The summed E-state index contributed by atoms with van der Waals surface area (Å²) in [5, 5.41) is 2.82. The fourth-order valence-corrected chi connectivity index (χ4v) is 2.93. The smallest absolute Gasteiger partial charge is 0.241 e. The number of rotatable bonds is 3. The van der Waals surface area contributed by atoms with Crippen molar-refractivity contribution in [3.63, 3.8) is 0 Å². The minimum Gasteiger partial charge on any atom is -0.347 e. The molecular formula is C14H24N2O2. The highest BCUT2D eigenvalue weighted by atomic mass is 16.2. The fraction of sp³-hybridized carbons (Fsp3) is 0.857. The molecule has 1 saturated heterocycles. The lowest BCUT2D eigenvalue weighted by Gasteiger charge is -2.27. The average Bonchev–Trinajstić information content (AvgIpc) is 2.46. The number of nitrogens with zero attached hydrogens (tertiary/aromatic N) is 1. The van der Waals surface area contributed by atoms with Crippen LogP contribution in [0.4, 0.5) is 0 Å². The van der Waals surface area contributed by atoms with Crippen molar-refractivity contribution in [1.29, 1.82) is 0 Å². The van der Waals surface area contributed by atoms with Gasteiger partial charge in [0.25, 0.3) is 0 Å². The number of amides is 2. The lowest BCUT2D eigenvalue weighted by atomic mass is 9.89. The molecule has 0 unspecified atom stereocenters. The van der Waals surface area contributed by atoms with Crippen molar-refractivity contribution in [1.82, 2.24) is 10.2 Å². The van der Waals surface area contributed by atoms with E-state index >= 15 is 0 Å². The van der Waals surface area contributed by atoms with Crippen molar-refractivity contribution in [2.45, 2.75) is 51.4 Å². The maximum absolute atomic E-state index is 11.9. The van der Waals surface area contributed by atoms with Gasteiger partial charge in [-0.1, -0.05) is 19.3 Å². The highest BCUT2D eigenvalue weighted by molar-refractivity contribution is 5.85. The van der Waals surface area contributed by atoms with Crippen LogP contribution in [0.3, 0.4) is 0 Å². The summed E-state index contributed by atoms with van der Waals surface area (Å²) >= 11 is 0. The first-order valence-electron chi connectivity index (χ1n) is 7.33. The van der Waals surface area contributed by atoms with Gasteiger partial charge in [0.1, 0.15) is 0 Å². The summed E-state index contributed by atoms with van der Waals surface area (Å²) in [5.41, 5.74) is 0. The summed E-state index contributed by atoms with van der Waals surface area (Å²) in [4.78, 5) is 25.7. The van der Waals surface area contributed by atoms with E-state index in [1.165, 1.54) is 12.8 Å². The van der Waals surface area contributed by atoms with Crippen LogP contribution in [0.2, 0.25) is 0 Å². The Morgan fingerprint density at radius 1 is 0.944 bits per heavy atom. The monoisotopic (exact) mass is 252 g/mol. The van der Waals surface area contributed by atoms with Crippen LogP contribution in [0.1, 0.15) is 51.4 Å². The van der Waals surface area contributed by atoms with E-state index < -0.39 is 0 Å². The molecule has 2 fully saturated rings. The van der Waals surface area contributed by atoms with Crippen molar-refractivity contribution in [2.24, 2.45) is 5.92 Å². The maximum atomic E-state index is 11.9. The third-order valence-corrected chi connectivity index (χ3v) is 4.10. The van der Waals surface area contributed by atoms with E-state index in [4.69, 9.17) is 0 Å². The van der Waals surface area contributed by atoms with E-state index in [0.29, 0.717) is 0 Å². The molecule has 0 aromatic heterocycles. The minimum absolute atomic E-state index is 0.0823. The molecule has 2 rings (SSSR count). The van der Waals surface area contributed by atoms with Crippen LogP contribution in [0, 0.1) is 5.92 Å². The Morgan fingerprint density at radius 3 is 2.22 bits per heavy atom. The minimum atomic E-state index is 0.0823. The van der Waals surface area contributed by atoms with Crippen molar-refractivity contribution < 1.29 is 9.59 Å². The highest BCUT2D eigenvalue weighted by Crippen LogP contribution is 2.23. The second-order valence-corrected chi connectivity index (χ2v) is 5.49. The van der Waals surface area contributed by atoms with Crippen LogP contribution in [0.15, 0.2) is 0 Å². The Hall–Kier alpha value is -1.06. The summed E-state index contributed by atoms with van der Waals surface area (Å²) in [6.45, 7) is 1.91. The second kappa shape index (κ2) is 6.76. The van der Waals surface area contributed by atoms with Gasteiger partial charge in [0.05, 0.1) is 6.54 Å². The van der Waals surface area contributed by atoms with Crippen LogP contribution < -0.4 is 5.32 Å². The molecule has 18 heavy (non-hydrogen) atoms. The van der Waals surface area contributed by atoms with Crippen LogP contribution in [-0.2, 0) is 9.59 Å². The normalized spacial score (nSPS) is 21.7. The molecule has 4 heteroatoms. The molecule has 0 radical (unpaired) electrons. The molecule has 102 valence electrons. The number of likely N-dealkylation sites (tertiary alicyclic amines) is 1. The molecule has 0 aromatic rings. The first-order valence-corrected chi connectivity index (χ1v) is 7.33. The second-order valence-electron chi connectivity index (χ2n) is 5.49. The average molecular weight is 252 g/mol. The van der Waals surface area contributed by atoms with Crippen molar-refractivity contribution in [3.8, 4) is 0 Å². The largest absolute Gasteiger partial charge is 0.347 e. The fourth-order valence-electron chi connectivity index (χ4n) is 2.93. The Morgan fingerprint density at radius 2 is 1.56 bits per heavy atom. The first-order chi connectivity index (χ1) is 8.77. The summed E-state index contributed by atoms with van der Waals surface area (Å²) in [7, 11) is 0. The highest BCUT2D eigenvalue weighted by Gasteiger charge is 2.22. The van der Waals surface area contributed by atoms with Gasteiger partial charge in [-0.05, 0) is 32.1 Å². The topological polar surface area (TPSA) is 49.4 Å². The van der Waals surface area contributed by atoms with Crippen LogP contribution in [-0.4, -0.2) is 36.3 Å². The van der Waals surface area contributed by atoms with Gasteiger partial charge < -0.3 is 10.2 Å². The molecule has 2 aliphatic rings. The van der Waals surface area contributed by atoms with Crippen molar-refractivity contribution in [3.05, 3.63) is 0 Å². The summed E-state index contributed by atoms with van der Waals surface area (Å²) < 4.78 is 0. The Balaban J connectivity index is 1.69. The van der Waals surface area contributed by atoms with E-state index in [1.807, 2.05) is 4.90 Å². The molecular weight excluding hydrogens is 228 g/mol. The van der Waals surface area contributed by atoms with Gasteiger partial charge in [-0.15, -0.1) is 0 Å². The van der Waals surface area contributed by atoms with E-state index in [0.717, 1.165) is 51.6 Å². The van der Waals surface area contributed by atoms with E-state index in [2.05, 4.69) is 5.32 Å². The van der Waals surface area contributed by atoms with Crippen LogP contribution in [0.25, 0.3) is 0 Å². The molecule has 0 aromatic carbocycles. The number of carbonyl (C=O) groups is 2. The molecule has 0 bridgehead atoms. The van der Waals surface area contributed by atoms with Crippen molar-refractivity contribution in [2.75, 3.05) is 19.6 Å². The standard InChI is InChI=1S/C14H24N2O2/c17-13(16-9-5-2-6-10-16)11-15-14(18)12-7-3-1-4-8-12/h12H,1-11H2,(H,15,18). The Bertz CT molecular complexity index is 262. The SMILES string of the molecule is O=C(NCC(=O)N1CCCCC1)C1CCCCC1. The molecule has 1 N–H and O–H groups in total. The summed E-state index contributed by atoms with van der Waals surface area (Å²) in [6.07, 6.45) is 8.95. The summed E-state index contributed by atoms with van der Waals surface area (Å²) in [5.74, 6) is 0.312. The van der Waals surface area contributed by atoms with E-state index in [9.17, 15) is 9.59 Å². The van der Waals surface area contributed by atoms with Gasteiger partial charge >= 0.3 is 0 Å². The van der Waals surface area contributed by atoms with Gasteiger partial charge in [-0.2, -0.15) is 0 Å². The number of nitrogens with one attached hydrogen (secondary N) is 1. The Kier molecular flexibility index (Phi) is 5.02. The number of carbonyl (C=O) groups excluding carboxylic acids is 2. The lowest BCUT2D eigenvalue weighted by Crippen LogP contribution is -2.44. The van der Waals surface area contributed by atoms with Crippen LogP contribution in [0.5, 0.6) is 0 Å². The third kappa shape index (κ3) is 3.72. The van der Waals surface area contributed by atoms with Gasteiger partial charge in [0, 0.05) is 19.0 Å². The van der Waals surface area contributed by atoms with Gasteiger partial charge in [0.15, 0.2) is 0 Å².